The molecule has 2 atom stereocenters. The quantitative estimate of drug-likeness (QED) is 0.0457. The average molecular weight is 657 g/mol. The van der Waals surface area contributed by atoms with Crippen LogP contribution in [-0.4, -0.2) is 60.9 Å². The highest BCUT2D eigenvalue weighted by Crippen LogP contribution is 2.10. The van der Waals surface area contributed by atoms with E-state index in [9.17, 15) is 24.0 Å². The van der Waals surface area contributed by atoms with Crippen molar-refractivity contribution in [3.05, 3.63) is 71.8 Å². The number of rotatable bonds is 18. The number of carbonyl (C=O) groups is 5. The molecule has 0 unspecified atom stereocenters. The summed E-state index contributed by atoms with van der Waals surface area (Å²) in [5.41, 5.74) is 2.99. The van der Waals surface area contributed by atoms with Crippen LogP contribution in [0.15, 0.2) is 60.7 Å². The van der Waals surface area contributed by atoms with Gasteiger partial charge in [0, 0.05) is 13.1 Å². The Morgan fingerprint density at radius 3 is 1.51 bits per heavy atom. The van der Waals surface area contributed by atoms with Crippen LogP contribution in [-0.2, 0) is 37.0 Å². The van der Waals surface area contributed by atoms with Crippen molar-refractivity contribution in [2.75, 3.05) is 13.1 Å². The van der Waals surface area contributed by atoms with Gasteiger partial charge in [-0.15, -0.1) is 0 Å². The van der Waals surface area contributed by atoms with E-state index in [1.807, 2.05) is 60.7 Å². The van der Waals surface area contributed by atoms with Crippen LogP contribution >= 0.6 is 0 Å². The molecule has 5 amide bonds. The van der Waals surface area contributed by atoms with Gasteiger partial charge in [-0.25, -0.2) is 20.2 Å². The highest BCUT2D eigenvalue weighted by atomic mass is 16.6. The summed E-state index contributed by atoms with van der Waals surface area (Å²) in [6.45, 7) is 5.98. The van der Waals surface area contributed by atoms with E-state index in [4.69, 9.17) is 20.1 Å². The molecule has 2 aromatic carbocycles. The van der Waals surface area contributed by atoms with Crippen LogP contribution in [0, 0.1) is 0 Å². The van der Waals surface area contributed by atoms with E-state index in [2.05, 4.69) is 26.7 Å². The minimum atomic E-state index is -1.02. The van der Waals surface area contributed by atoms with E-state index in [1.165, 1.54) is 0 Å². The molecule has 0 saturated carbocycles. The number of hydrogen-bond acceptors (Lipinski definition) is 9. The fourth-order valence-electron chi connectivity index (χ4n) is 4.24. The van der Waals surface area contributed by atoms with Gasteiger partial charge >= 0.3 is 18.3 Å². The second kappa shape index (κ2) is 21.0. The summed E-state index contributed by atoms with van der Waals surface area (Å²) in [6, 6.07) is 16.5. The van der Waals surface area contributed by atoms with E-state index in [-0.39, 0.29) is 26.1 Å². The molecule has 2 rings (SSSR count). The van der Waals surface area contributed by atoms with E-state index < -0.39 is 47.8 Å². The first-order chi connectivity index (χ1) is 22.5. The normalized spacial score (nSPS) is 12.1. The summed E-state index contributed by atoms with van der Waals surface area (Å²) in [7, 11) is 0. The Hall–Kier alpha value is -4.85. The molecule has 2 aromatic rings. The number of hydrogen-bond donors (Lipinski definition) is 6. The van der Waals surface area contributed by atoms with Crippen LogP contribution in [0.1, 0.15) is 70.4 Å². The van der Waals surface area contributed by atoms with Gasteiger partial charge in [-0.2, -0.15) is 0 Å². The van der Waals surface area contributed by atoms with E-state index in [0.29, 0.717) is 38.8 Å². The SMILES string of the molecule is CC(C)(C)OC(=O)N[C@@H](CCCCNC(=O)OCc1ccccc1)C(=O)N[C@@H](CCCCNC(=O)OCc1ccccc1)C(=O)NN. The highest BCUT2D eigenvalue weighted by molar-refractivity contribution is 5.91. The molecule has 47 heavy (non-hydrogen) atoms. The number of benzene rings is 2. The highest BCUT2D eigenvalue weighted by Gasteiger charge is 2.28. The van der Waals surface area contributed by atoms with Crippen LogP contribution in [0.4, 0.5) is 14.4 Å². The smallest absolute Gasteiger partial charge is 0.408 e. The summed E-state index contributed by atoms with van der Waals surface area (Å²) >= 11 is 0. The third-order valence-corrected chi connectivity index (χ3v) is 6.59. The molecular weight excluding hydrogens is 608 g/mol. The van der Waals surface area contributed by atoms with Gasteiger partial charge in [0.2, 0.25) is 5.91 Å². The first kappa shape index (κ1) is 38.3. The third kappa shape index (κ3) is 17.4. The largest absolute Gasteiger partial charge is 0.445 e. The molecule has 0 heterocycles. The number of nitrogens with one attached hydrogen (secondary N) is 5. The van der Waals surface area contributed by atoms with Crippen molar-refractivity contribution in [2.45, 2.75) is 90.2 Å². The maximum atomic E-state index is 13.3. The molecular formula is C33H48N6O8. The van der Waals surface area contributed by atoms with Crippen molar-refractivity contribution in [1.29, 1.82) is 0 Å². The molecule has 0 fully saturated rings. The zero-order valence-corrected chi connectivity index (χ0v) is 27.3. The van der Waals surface area contributed by atoms with Gasteiger partial charge in [0.15, 0.2) is 0 Å². The van der Waals surface area contributed by atoms with E-state index in [1.54, 1.807) is 20.8 Å². The lowest BCUT2D eigenvalue weighted by molar-refractivity contribution is -0.130. The molecule has 7 N–H and O–H groups in total. The van der Waals surface area contributed by atoms with Crippen LogP contribution in [0.5, 0.6) is 0 Å². The van der Waals surface area contributed by atoms with Gasteiger partial charge in [-0.1, -0.05) is 60.7 Å². The first-order valence-electron chi connectivity index (χ1n) is 15.7. The minimum Gasteiger partial charge on any atom is -0.445 e. The Balaban J connectivity index is 1.82. The molecule has 0 aliphatic carbocycles. The standard InChI is InChI=1S/C33H48N6O8/c1-33(2,3)47-32(44)38-26(18-10-12-20-35-30(42)45-22-24-14-6-4-7-15-24)28(40)37-27(29(41)39-34)19-11-13-21-36-31(43)46-23-25-16-8-5-9-17-25/h4-9,14-17,26-27H,10-13,18-23,34H2,1-3H3,(H,35,42)(H,36,43)(H,37,40)(H,38,44)(H,39,41)/t26-,27-/m0/s1. The molecule has 0 saturated heterocycles. The van der Waals surface area contributed by atoms with Crippen LogP contribution in [0.3, 0.4) is 0 Å². The third-order valence-electron chi connectivity index (χ3n) is 6.59. The van der Waals surface area contributed by atoms with Gasteiger partial charge in [-0.3, -0.25) is 15.0 Å². The molecule has 14 heteroatoms. The number of nitrogens with two attached hydrogens (primary N) is 1. The van der Waals surface area contributed by atoms with Crippen LogP contribution < -0.4 is 32.5 Å². The fraction of sp³-hybridized carbons (Fsp3) is 0.485. The van der Waals surface area contributed by atoms with Gasteiger partial charge in [0.25, 0.3) is 5.91 Å². The maximum Gasteiger partial charge on any atom is 0.408 e. The Bertz CT molecular complexity index is 1260. The van der Waals surface area contributed by atoms with Gasteiger partial charge in [-0.05, 0) is 70.4 Å². The average Bonchev–Trinajstić information content (AvgIpc) is 3.04. The van der Waals surface area contributed by atoms with Gasteiger partial charge in [0.1, 0.15) is 30.9 Å². The maximum absolute atomic E-state index is 13.3. The van der Waals surface area contributed by atoms with Crippen LogP contribution in [0.25, 0.3) is 0 Å². The molecule has 0 radical (unpaired) electrons. The Morgan fingerprint density at radius 1 is 0.638 bits per heavy atom. The molecule has 0 bridgehead atoms. The van der Waals surface area contributed by atoms with Crippen LogP contribution in [0.2, 0.25) is 0 Å². The Labute approximate surface area is 275 Å². The molecule has 258 valence electrons. The summed E-state index contributed by atoms with van der Waals surface area (Å²) in [6.07, 6.45) is 0.435. The minimum absolute atomic E-state index is 0.143. The number of unbranched alkanes of at least 4 members (excludes halogenated alkanes) is 2. The number of ether oxygens (including phenoxy) is 3. The molecule has 0 aliphatic heterocycles. The predicted molar refractivity (Wildman–Crippen MR) is 174 cm³/mol. The zero-order chi connectivity index (χ0) is 34.5. The first-order valence-corrected chi connectivity index (χ1v) is 15.7. The monoisotopic (exact) mass is 656 g/mol. The summed E-state index contributed by atoms with van der Waals surface area (Å²) in [4.78, 5) is 62.2. The lowest BCUT2D eigenvalue weighted by Crippen LogP contribution is -2.55. The predicted octanol–water partition coefficient (Wildman–Crippen LogP) is 3.55. The molecule has 0 aliphatic rings. The Kier molecular flexibility index (Phi) is 17.2. The van der Waals surface area contributed by atoms with Gasteiger partial charge < -0.3 is 35.5 Å². The Morgan fingerprint density at radius 2 is 1.09 bits per heavy atom. The van der Waals surface area contributed by atoms with E-state index in [0.717, 1.165) is 11.1 Å². The van der Waals surface area contributed by atoms with Crippen molar-refractivity contribution in [2.24, 2.45) is 5.84 Å². The lowest BCUT2D eigenvalue weighted by Gasteiger charge is -2.25. The molecule has 0 aromatic heterocycles. The lowest BCUT2D eigenvalue weighted by atomic mass is 10.1. The summed E-state index contributed by atoms with van der Waals surface area (Å²) in [5.74, 6) is 4.16. The van der Waals surface area contributed by atoms with E-state index >= 15 is 0 Å². The van der Waals surface area contributed by atoms with Crippen molar-refractivity contribution in [3.63, 3.8) is 0 Å². The number of amides is 5. The molecule has 14 nitrogen and oxygen atoms in total. The zero-order valence-electron chi connectivity index (χ0n) is 27.3. The number of carbonyl (C=O) groups excluding carboxylic acids is 5. The van der Waals surface area contributed by atoms with Gasteiger partial charge in [0.05, 0.1) is 0 Å². The second-order valence-electron chi connectivity index (χ2n) is 11.7. The summed E-state index contributed by atoms with van der Waals surface area (Å²) < 4.78 is 15.7. The second-order valence-corrected chi connectivity index (χ2v) is 11.7. The number of alkyl carbamates (subject to hydrolysis) is 3. The topological polar surface area (TPSA) is 199 Å². The summed E-state index contributed by atoms with van der Waals surface area (Å²) in [5, 5.41) is 10.6. The molecule has 0 spiro atoms. The van der Waals surface area contributed by atoms with Crippen molar-refractivity contribution in [3.8, 4) is 0 Å². The van der Waals surface area contributed by atoms with Crippen molar-refractivity contribution >= 4 is 30.1 Å². The van der Waals surface area contributed by atoms with Crippen molar-refractivity contribution < 1.29 is 38.2 Å². The van der Waals surface area contributed by atoms with Crippen molar-refractivity contribution in [1.82, 2.24) is 26.7 Å². The number of hydrazine groups is 1. The fourth-order valence-corrected chi connectivity index (χ4v) is 4.24.